The van der Waals surface area contributed by atoms with Crippen molar-refractivity contribution in [2.45, 2.75) is 32.7 Å². The molecular formula is C13H31N3O. The van der Waals surface area contributed by atoms with Crippen LogP contribution < -0.4 is 5.32 Å². The molecule has 0 heterocycles. The standard InChI is InChI=1S/C13H31N3O/c1-5-8-16(10-9-15(3)4)12-13(7-11-17)14-6-2/h13-14,17H,5-12H2,1-4H3. The number of aliphatic hydroxyl groups is 1. The number of hydrogen-bond acceptors (Lipinski definition) is 4. The summed E-state index contributed by atoms with van der Waals surface area (Å²) < 4.78 is 0. The Morgan fingerprint density at radius 3 is 2.29 bits per heavy atom. The van der Waals surface area contributed by atoms with Crippen LogP contribution in [0.5, 0.6) is 0 Å². The summed E-state index contributed by atoms with van der Waals surface area (Å²) in [5.74, 6) is 0. The molecule has 0 aromatic heterocycles. The van der Waals surface area contributed by atoms with Crippen LogP contribution in [0.3, 0.4) is 0 Å². The van der Waals surface area contributed by atoms with Gasteiger partial charge in [-0.25, -0.2) is 0 Å². The number of aliphatic hydroxyl groups excluding tert-OH is 1. The summed E-state index contributed by atoms with van der Waals surface area (Å²) in [7, 11) is 4.22. The lowest BCUT2D eigenvalue weighted by Gasteiger charge is -2.28. The zero-order chi connectivity index (χ0) is 13.1. The van der Waals surface area contributed by atoms with E-state index >= 15 is 0 Å². The van der Waals surface area contributed by atoms with E-state index in [0.717, 1.165) is 39.1 Å². The van der Waals surface area contributed by atoms with Crippen molar-refractivity contribution in [1.82, 2.24) is 15.1 Å². The van der Waals surface area contributed by atoms with Gasteiger partial charge in [0, 0.05) is 32.3 Å². The number of nitrogens with one attached hydrogen (secondary N) is 1. The average Bonchev–Trinajstić information content (AvgIpc) is 2.27. The predicted molar refractivity (Wildman–Crippen MR) is 74.5 cm³/mol. The Morgan fingerprint density at radius 1 is 1.12 bits per heavy atom. The molecule has 104 valence electrons. The number of rotatable bonds is 11. The van der Waals surface area contributed by atoms with E-state index in [2.05, 4.69) is 43.1 Å². The smallest absolute Gasteiger partial charge is 0.0446 e. The molecule has 0 bridgehead atoms. The fourth-order valence-electron chi connectivity index (χ4n) is 1.97. The monoisotopic (exact) mass is 245 g/mol. The molecule has 4 nitrogen and oxygen atoms in total. The molecular weight excluding hydrogens is 214 g/mol. The second-order valence-corrected chi connectivity index (χ2v) is 4.87. The lowest BCUT2D eigenvalue weighted by molar-refractivity contribution is 0.195. The van der Waals surface area contributed by atoms with Gasteiger partial charge in [-0.3, -0.25) is 0 Å². The highest BCUT2D eigenvalue weighted by atomic mass is 16.3. The summed E-state index contributed by atoms with van der Waals surface area (Å²) >= 11 is 0. The molecule has 0 aliphatic carbocycles. The van der Waals surface area contributed by atoms with Gasteiger partial charge >= 0.3 is 0 Å². The Morgan fingerprint density at radius 2 is 1.82 bits per heavy atom. The van der Waals surface area contributed by atoms with Gasteiger partial charge < -0.3 is 20.2 Å². The highest BCUT2D eigenvalue weighted by Gasteiger charge is 2.12. The van der Waals surface area contributed by atoms with Crippen molar-refractivity contribution in [2.75, 3.05) is 53.4 Å². The topological polar surface area (TPSA) is 38.7 Å². The van der Waals surface area contributed by atoms with Crippen LogP contribution in [0.25, 0.3) is 0 Å². The van der Waals surface area contributed by atoms with Crippen LogP contribution in [0.1, 0.15) is 26.7 Å². The van der Waals surface area contributed by atoms with Crippen LogP contribution in [0, 0.1) is 0 Å². The molecule has 17 heavy (non-hydrogen) atoms. The Bertz CT molecular complexity index is 159. The Kier molecular flexibility index (Phi) is 10.9. The second kappa shape index (κ2) is 11.0. The molecule has 1 atom stereocenters. The van der Waals surface area contributed by atoms with Crippen LogP contribution in [0.2, 0.25) is 0 Å². The zero-order valence-electron chi connectivity index (χ0n) is 12.1. The van der Waals surface area contributed by atoms with E-state index < -0.39 is 0 Å². The van der Waals surface area contributed by atoms with E-state index in [-0.39, 0.29) is 6.61 Å². The second-order valence-electron chi connectivity index (χ2n) is 4.87. The van der Waals surface area contributed by atoms with Gasteiger partial charge in [0.15, 0.2) is 0 Å². The number of nitrogens with zero attached hydrogens (tertiary/aromatic N) is 2. The highest BCUT2D eigenvalue weighted by molar-refractivity contribution is 4.72. The lowest BCUT2D eigenvalue weighted by atomic mass is 10.2. The van der Waals surface area contributed by atoms with Gasteiger partial charge in [0.2, 0.25) is 0 Å². The third kappa shape index (κ3) is 9.53. The van der Waals surface area contributed by atoms with Gasteiger partial charge in [-0.05, 0) is 40.0 Å². The average molecular weight is 245 g/mol. The van der Waals surface area contributed by atoms with E-state index in [9.17, 15) is 0 Å². The minimum absolute atomic E-state index is 0.269. The van der Waals surface area contributed by atoms with Gasteiger partial charge in [-0.2, -0.15) is 0 Å². The van der Waals surface area contributed by atoms with Crippen molar-refractivity contribution in [2.24, 2.45) is 0 Å². The maximum absolute atomic E-state index is 9.06. The van der Waals surface area contributed by atoms with Gasteiger partial charge in [-0.1, -0.05) is 13.8 Å². The summed E-state index contributed by atoms with van der Waals surface area (Å²) in [4.78, 5) is 4.71. The minimum atomic E-state index is 0.269. The molecule has 0 amide bonds. The van der Waals surface area contributed by atoms with Crippen LogP contribution in [-0.4, -0.2) is 74.4 Å². The number of hydrogen-bond donors (Lipinski definition) is 2. The highest BCUT2D eigenvalue weighted by Crippen LogP contribution is 1.99. The van der Waals surface area contributed by atoms with Gasteiger partial charge in [0.1, 0.15) is 0 Å². The van der Waals surface area contributed by atoms with Crippen molar-refractivity contribution >= 4 is 0 Å². The summed E-state index contributed by atoms with van der Waals surface area (Å²) in [5, 5.41) is 12.5. The summed E-state index contributed by atoms with van der Waals surface area (Å²) in [6.45, 7) is 9.96. The zero-order valence-corrected chi connectivity index (χ0v) is 12.1. The maximum Gasteiger partial charge on any atom is 0.0446 e. The molecule has 0 aromatic rings. The first-order valence-electron chi connectivity index (χ1n) is 6.85. The quantitative estimate of drug-likeness (QED) is 0.560. The van der Waals surface area contributed by atoms with Gasteiger partial charge in [0.05, 0.1) is 0 Å². The van der Waals surface area contributed by atoms with Crippen molar-refractivity contribution in [3.05, 3.63) is 0 Å². The van der Waals surface area contributed by atoms with Crippen LogP contribution in [0.15, 0.2) is 0 Å². The molecule has 0 aromatic carbocycles. The van der Waals surface area contributed by atoms with Gasteiger partial charge in [-0.15, -0.1) is 0 Å². The van der Waals surface area contributed by atoms with Crippen molar-refractivity contribution in [3.8, 4) is 0 Å². The van der Waals surface area contributed by atoms with Crippen molar-refractivity contribution < 1.29 is 5.11 Å². The molecule has 0 fully saturated rings. The minimum Gasteiger partial charge on any atom is -0.396 e. The summed E-state index contributed by atoms with van der Waals surface area (Å²) in [6, 6.07) is 0.415. The first-order chi connectivity index (χ1) is 8.13. The normalized spacial score (nSPS) is 13.6. The molecule has 4 heteroatoms. The first-order valence-corrected chi connectivity index (χ1v) is 6.85. The molecule has 0 saturated carbocycles. The van der Waals surface area contributed by atoms with E-state index in [0.29, 0.717) is 6.04 Å². The van der Waals surface area contributed by atoms with Crippen LogP contribution in [0.4, 0.5) is 0 Å². The fourth-order valence-corrected chi connectivity index (χ4v) is 1.97. The van der Waals surface area contributed by atoms with E-state index in [4.69, 9.17) is 5.11 Å². The summed E-state index contributed by atoms with van der Waals surface area (Å²) in [6.07, 6.45) is 2.03. The predicted octanol–water partition coefficient (Wildman–Crippen LogP) is 0.621. The Balaban J connectivity index is 4.07. The SMILES string of the molecule is CCCN(CCN(C)C)CC(CCO)NCC. The number of likely N-dealkylation sites (N-methyl/N-ethyl adjacent to an activating group) is 2. The van der Waals surface area contributed by atoms with Crippen LogP contribution in [-0.2, 0) is 0 Å². The molecule has 0 rings (SSSR count). The third-order valence-electron chi connectivity index (χ3n) is 2.85. The van der Waals surface area contributed by atoms with E-state index in [1.807, 2.05) is 0 Å². The molecule has 0 aliphatic rings. The molecule has 0 radical (unpaired) electrons. The first kappa shape index (κ1) is 16.8. The molecule has 1 unspecified atom stereocenters. The lowest BCUT2D eigenvalue weighted by Crippen LogP contribution is -2.44. The largest absolute Gasteiger partial charge is 0.396 e. The Hall–Kier alpha value is -0.160. The van der Waals surface area contributed by atoms with E-state index in [1.54, 1.807) is 0 Å². The fraction of sp³-hybridized carbons (Fsp3) is 1.00. The van der Waals surface area contributed by atoms with Crippen molar-refractivity contribution in [1.29, 1.82) is 0 Å². The third-order valence-corrected chi connectivity index (χ3v) is 2.85. The molecule has 0 saturated heterocycles. The van der Waals surface area contributed by atoms with Crippen molar-refractivity contribution in [3.63, 3.8) is 0 Å². The van der Waals surface area contributed by atoms with Gasteiger partial charge in [0.25, 0.3) is 0 Å². The summed E-state index contributed by atoms with van der Waals surface area (Å²) in [5.41, 5.74) is 0. The molecule has 0 spiro atoms. The van der Waals surface area contributed by atoms with Crippen LogP contribution >= 0.6 is 0 Å². The molecule has 0 aliphatic heterocycles. The van der Waals surface area contributed by atoms with E-state index in [1.165, 1.54) is 6.42 Å². The maximum atomic E-state index is 9.06. The molecule has 2 N–H and O–H groups in total. The Labute approximate surface area is 107 Å².